The molecule has 8 aromatic rings. The van der Waals surface area contributed by atoms with Gasteiger partial charge in [0.1, 0.15) is 5.82 Å². The number of aryl methyl sites for hydroxylation is 1. The molecule has 0 spiro atoms. The van der Waals surface area contributed by atoms with Gasteiger partial charge in [-0.2, -0.15) is 0 Å². The van der Waals surface area contributed by atoms with Crippen LogP contribution in [0.1, 0.15) is 12.7 Å². The topological polar surface area (TPSA) is 52.0 Å². The van der Waals surface area contributed by atoms with Crippen LogP contribution >= 0.6 is 0 Å². The minimum Gasteiger partial charge on any atom is -0.294 e. The molecular formula is C41H28N2O2S. The molecule has 4 nitrogen and oxygen atoms in total. The highest BCUT2D eigenvalue weighted by molar-refractivity contribution is 7.92. The maximum Gasteiger partial charge on any atom is 0.210 e. The Morgan fingerprint density at radius 3 is 1.78 bits per heavy atom. The van der Waals surface area contributed by atoms with Crippen molar-refractivity contribution in [2.24, 2.45) is 0 Å². The number of imidazole rings is 1. The first-order chi connectivity index (χ1) is 22.5. The minimum absolute atomic E-state index is 0.311. The number of para-hydroxylation sites is 1. The zero-order valence-electron chi connectivity index (χ0n) is 25.1. The van der Waals surface area contributed by atoms with Crippen molar-refractivity contribution in [3.8, 4) is 39.1 Å². The molecule has 0 N–H and O–H groups in total. The summed E-state index contributed by atoms with van der Waals surface area (Å²) in [4.78, 5) is 5.39. The zero-order valence-corrected chi connectivity index (χ0v) is 25.9. The van der Waals surface area contributed by atoms with E-state index in [0.29, 0.717) is 32.9 Å². The van der Waals surface area contributed by atoms with E-state index in [2.05, 4.69) is 103 Å². The standard InChI is InChI=1S/C41H28N2O2S/c1-2-38-42-34-20-11-21-36-41(34)43(38)35-23-22-28(25-37(35)46(36,44)45)27-14-10-15-29(24-27)40-32-18-8-6-16-30(32)39(26-12-4-3-5-13-26)31-17-7-9-19-33(31)40/h3-25H,2H2,1H3. The molecule has 46 heavy (non-hydrogen) atoms. The molecule has 220 valence electrons. The van der Waals surface area contributed by atoms with Crippen LogP contribution in [-0.2, 0) is 16.3 Å². The molecule has 0 amide bonds. The van der Waals surface area contributed by atoms with Gasteiger partial charge in [-0.3, -0.25) is 4.57 Å². The van der Waals surface area contributed by atoms with Gasteiger partial charge in [0, 0.05) is 6.42 Å². The first-order valence-corrected chi connectivity index (χ1v) is 17.0. The molecule has 1 aliphatic rings. The number of hydrogen-bond donors (Lipinski definition) is 0. The molecule has 9 rings (SSSR count). The SMILES string of the molecule is CCc1nc2cccc3c2n1-c1ccc(-c2cccc(-c4c5ccccc5c(-c5ccccc5)c5ccccc45)c2)cc1S3(=O)=O. The lowest BCUT2D eigenvalue weighted by molar-refractivity contribution is 0.594. The Balaban J connectivity index is 1.26. The van der Waals surface area contributed by atoms with Crippen LogP contribution in [0.15, 0.2) is 149 Å². The van der Waals surface area contributed by atoms with Crippen molar-refractivity contribution in [1.82, 2.24) is 9.55 Å². The van der Waals surface area contributed by atoms with Gasteiger partial charge in [0.05, 0.1) is 26.5 Å². The molecule has 1 aliphatic heterocycles. The molecule has 0 unspecified atom stereocenters. The second-order valence-corrected chi connectivity index (χ2v) is 13.7. The molecular weight excluding hydrogens is 585 g/mol. The van der Waals surface area contributed by atoms with Crippen molar-refractivity contribution in [3.05, 3.63) is 145 Å². The van der Waals surface area contributed by atoms with Gasteiger partial charge >= 0.3 is 0 Å². The van der Waals surface area contributed by atoms with Crippen LogP contribution in [0.4, 0.5) is 0 Å². The summed E-state index contributed by atoms with van der Waals surface area (Å²) in [6.45, 7) is 2.05. The van der Waals surface area contributed by atoms with Crippen molar-refractivity contribution in [1.29, 1.82) is 0 Å². The summed E-state index contributed by atoms with van der Waals surface area (Å²) in [5, 5.41) is 4.76. The predicted molar refractivity (Wildman–Crippen MR) is 187 cm³/mol. The normalized spacial score (nSPS) is 13.3. The van der Waals surface area contributed by atoms with Crippen LogP contribution in [0, 0.1) is 0 Å². The van der Waals surface area contributed by atoms with Crippen molar-refractivity contribution >= 4 is 42.4 Å². The van der Waals surface area contributed by atoms with Crippen LogP contribution < -0.4 is 0 Å². The van der Waals surface area contributed by atoms with E-state index in [1.807, 2.05) is 35.8 Å². The van der Waals surface area contributed by atoms with Gasteiger partial charge in [0.2, 0.25) is 9.84 Å². The summed E-state index contributed by atoms with van der Waals surface area (Å²) in [5.41, 5.74) is 8.51. The molecule has 5 heteroatoms. The van der Waals surface area contributed by atoms with Crippen LogP contribution in [0.5, 0.6) is 0 Å². The predicted octanol–water partition coefficient (Wildman–Crippen LogP) is 10.0. The van der Waals surface area contributed by atoms with Gasteiger partial charge in [-0.05, 0) is 85.3 Å². The van der Waals surface area contributed by atoms with Crippen molar-refractivity contribution in [2.75, 3.05) is 0 Å². The third-order valence-corrected chi connectivity index (χ3v) is 11.1. The largest absolute Gasteiger partial charge is 0.294 e. The highest BCUT2D eigenvalue weighted by Gasteiger charge is 2.33. The average Bonchev–Trinajstić information content (AvgIpc) is 3.49. The molecule has 2 heterocycles. The quantitative estimate of drug-likeness (QED) is 0.186. The first kappa shape index (κ1) is 26.8. The number of benzene rings is 7. The first-order valence-electron chi connectivity index (χ1n) is 15.5. The Kier molecular flexibility index (Phi) is 5.83. The van der Waals surface area contributed by atoms with Crippen LogP contribution in [-0.4, -0.2) is 18.0 Å². The summed E-state index contributed by atoms with van der Waals surface area (Å²) in [7, 11) is -3.74. The fraction of sp³-hybridized carbons (Fsp3) is 0.0488. The Morgan fingerprint density at radius 2 is 1.11 bits per heavy atom. The molecule has 0 aliphatic carbocycles. The third-order valence-electron chi connectivity index (χ3n) is 9.28. The smallest absolute Gasteiger partial charge is 0.210 e. The van der Waals surface area contributed by atoms with Gasteiger partial charge in [-0.25, -0.2) is 13.4 Å². The van der Waals surface area contributed by atoms with E-state index >= 15 is 0 Å². The number of rotatable bonds is 4. The van der Waals surface area contributed by atoms with E-state index in [9.17, 15) is 8.42 Å². The van der Waals surface area contributed by atoms with Crippen molar-refractivity contribution in [2.45, 2.75) is 23.1 Å². The molecule has 0 atom stereocenters. The van der Waals surface area contributed by atoms with Crippen LogP contribution in [0.25, 0.3) is 71.6 Å². The number of sulfone groups is 1. The summed E-state index contributed by atoms with van der Waals surface area (Å²) in [6.07, 6.45) is 0.697. The minimum atomic E-state index is -3.74. The lowest BCUT2D eigenvalue weighted by Crippen LogP contribution is -2.16. The van der Waals surface area contributed by atoms with Crippen molar-refractivity contribution in [3.63, 3.8) is 0 Å². The van der Waals surface area contributed by atoms with Gasteiger partial charge in [-0.1, -0.05) is 116 Å². The Hall–Kier alpha value is -5.52. The van der Waals surface area contributed by atoms with E-state index in [4.69, 9.17) is 4.98 Å². The second kappa shape index (κ2) is 9.99. The van der Waals surface area contributed by atoms with E-state index in [0.717, 1.165) is 22.5 Å². The maximum atomic E-state index is 14.1. The molecule has 0 saturated carbocycles. The molecule has 0 bridgehead atoms. The summed E-state index contributed by atoms with van der Waals surface area (Å²) in [6, 6.07) is 47.4. The van der Waals surface area contributed by atoms with E-state index in [-0.39, 0.29) is 0 Å². The summed E-state index contributed by atoms with van der Waals surface area (Å²) < 4.78 is 30.1. The van der Waals surface area contributed by atoms with Crippen LogP contribution in [0.2, 0.25) is 0 Å². The lowest BCUT2D eigenvalue weighted by atomic mass is 9.85. The van der Waals surface area contributed by atoms with E-state index in [1.165, 1.54) is 38.2 Å². The fourth-order valence-electron chi connectivity index (χ4n) is 7.28. The monoisotopic (exact) mass is 612 g/mol. The van der Waals surface area contributed by atoms with Crippen molar-refractivity contribution < 1.29 is 8.42 Å². The van der Waals surface area contributed by atoms with Gasteiger partial charge < -0.3 is 0 Å². The van der Waals surface area contributed by atoms with Gasteiger partial charge in [0.15, 0.2) is 0 Å². The molecule has 0 radical (unpaired) electrons. The number of fused-ring (bicyclic) bond motifs is 4. The summed E-state index contributed by atoms with van der Waals surface area (Å²) in [5.74, 6) is 0.853. The van der Waals surface area contributed by atoms with E-state index in [1.54, 1.807) is 12.1 Å². The Bertz CT molecular complexity index is 2580. The Labute approximate surface area is 267 Å². The number of nitrogens with zero attached hydrogens (tertiary/aromatic N) is 2. The summed E-state index contributed by atoms with van der Waals surface area (Å²) >= 11 is 0. The maximum absolute atomic E-state index is 14.1. The molecule has 0 saturated heterocycles. The van der Waals surface area contributed by atoms with Gasteiger partial charge in [0.25, 0.3) is 0 Å². The molecule has 1 aromatic heterocycles. The average molecular weight is 613 g/mol. The number of hydrogen-bond acceptors (Lipinski definition) is 3. The third kappa shape index (κ3) is 3.79. The second-order valence-electron chi connectivity index (χ2n) is 11.8. The fourth-order valence-corrected chi connectivity index (χ4v) is 8.94. The highest BCUT2D eigenvalue weighted by atomic mass is 32.2. The highest BCUT2D eigenvalue weighted by Crippen LogP contribution is 2.45. The molecule has 7 aromatic carbocycles. The number of aromatic nitrogens is 2. The van der Waals surface area contributed by atoms with Gasteiger partial charge in [-0.15, -0.1) is 0 Å². The zero-order chi connectivity index (χ0) is 31.0. The van der Waals surface area contributed by atoms with E-state index < -0.39 is 9.84 Å². The Morgan fingerprint density at radius 1 is 0.543 bits per heavy atom. The lowest BCUT2D eigenvalue weighted by Gasteiger charge is -2.22. The molecule has 0 fully saturated rings. The van der Waals surface area contributed by atoms with Crippen LogP contribution in [0.3, 0.4) is 0 Å².